The average molecular weight is 478 g/mol. The molecule has 2 atom stereocenters. The van der Waals surface area contributed by atoms with Crippen LogP contribution in [0.15, 0.2) is 11.0 Å². The molecule has 0 spiro atoms. The second-order valence-electron chi connectivity index (χ2n) is 6.41. The van der Waals surface area contributed by atoms with E-state index in [0.29, 0.717) is 25.4 Å². The summed E-state index contributed by atoms with van der Waals surface area (Å²) in [6.45, 7) is 4.16. The van der Waals surface area contributed by atoms with E-state index in [9.17, 15) is 18.8 Å². The van der Waals surface area contributed by atoms with Crippen LogP contribution in [0.5, 0.6) is 0 Å². The van der Waals surface area contributed by atoms with Gasteiger partial charge in [-0.15, -0.1) is 11.8 Å². The van der Waals surface area contributed by atoms with Gasteiger partial charge >= 0.3 is 17.8 Å². The molecule has 0 radical (unpaired) electrons. The second kappa shape index (κ2) is 14.0. The first-order valence-corrected chi connectivity index (χ1v) is 11.1. The molecule has 0 aliphatic carbocycles. The molecule has 13 heteroatoms. The highest BCUT2D eigenvalue weighted by Crippen LogP contribution is 2.31. The lowest BCUT2D eigenvalue weighted by Crippen LogP contribution is -2.30. The molecule has 2 unspecified atom stereocenters. The molecule has 0 amide bonds. The molecule has 180 valence electrons. The summed E-state index contributed by atoms with van der Waals surface area (Å²) in [5.41, 5.74) is -1.01. The number of aryl methyl sites for hydroxylation is 1. The largest absolute Gasteiger partial charge is 0.508 e. The Balaban J connectivity index is 1.54. The lowest BCUT2D eigenvalue weighted by Gasteiger charge is -2.15. The Morgan fingerprint density at radius 3 is 2.47 bits per heavy atom. The number of ether oxygens (including phenoxy) is 6. The van der Waals surface area contributed by atoms with E-state index in [1.54, 1.807) is 6.92 Å². The van der Waals surface area contributed by atoms with Crippen molar-refractivity contribution in [1.29, 1.82) is 0 Å². The molecule has 2 rings (SSSR count). The number of carbonyl (C=O) groups is 2. The smallest absolute Gasteiger partial charge is 0.463 e. The van der Waals surface area contributed by atoms with Crippen LogP contribution in [0, 0.1) is 5.82 Å². The molecule has 1 aromatic rings. The van der Waals surface area contributed by atoms with Crippen LogP contribution in [0.1, 0.15) is 25.8 Å². The van der Waals surface area contributed by atoms with Crippen molar-refractivity contribution in [3.63, 3.8) is 0 Å². The van der Waals surface area contributed by atoms with Crippen molar-refractivity contribution in [3.05, 3.63) is 28.2 Å². The zero-order valence-corrected chi connectivity index (χ0v) is 18.8. The Labute approximate surface area is 188 Å². The fraction of sp³-hybridized carbons (Fsp3) is 0.684. The van der Waals surface area contributed by atoms with Crippen LogP contribution in [0.3, 0.4) is 0 Å². The molecule has 1 aliphatic heterocycles. The van der Waals surface area contributed by atoms with Gasteiger partial charge in [0.15, 0.2) is 5.82 Å². The maximum absolute atomic E-state index is 13.9. The maximum atomic E-state index is 13.9. The van der Waals surface area contributed by atoms with Gasteiger partial charge in [-0.2, -0.15) is 4.98 Å². The summed E-state index contributed by atoms with van der Waals surface area (Å²) in [7, 11) is 0. The molecular weight excluding hydrogens is 451 g/mol. The molecule has 1 aromatic heterocycles. The fourth-order valence-corrected chi connectivity index (χ4v) is 3.53. The summed E-state index contributed by atoms with van der Waals surface area (Å²) in [4.78, 5) is 38.0. The minimum Gasteiger partial charge on any atom is -0.463 e. The Bertz CT molecular complexity index is 807. The van der Waals surface area contributed by atoms with Gasteiger partial charge < -0.3 is 28.4 Å². The van der Waals surface area contributed by atoms with Crippen molar-refractivity contribution >= 4 is 23.9 Å². The molecular formula is C19H27FN2O9S. The molecule has 1 fully saturated rings. The number of nitrogens with zero attached hydrogens (tertiary/aromatic N) is 2. The minimum atomic E-state index is -0.879. The van der Waals surface area contributed by atoms with Crippen LogP contribution >= 0.6 is 11.8 Å². The Hall–Kier alpha value is -2.22. The van der Waals surface area contributed by atoms with Gasteiger partial charge in [-0.05, 0) is 6.42 Å². The van der Waals surface area contributed by atoms with E-state index in [1.807, 2.05) is 0 Å². The highest BCUT2D eigenvalue weighted by molar-refractivity contribution is 8.00. The van der Waals surface area contributed by atoms with E-state index in [4.69, 9.17) is 28.4 Å². The molecule has 2 heterocycles. The number of aromatic nitrogens is 2. The monoisotopic (exact) mass is 478 g/mol. The summed E-state index contributed by atoms with van der Waals surface area (Å²) < 4.78 is 45.6. The van der Waals surface area contributed by atoms with E-state index in [0.717, 1.165) is 10.8 Å². The first kappa shape index (κ1) is 26.0. The van der Waals surface area contributed by atoms with Crippen LogP contribution in [0.4, 0.5) is 9.18 Å². The third-order valence-electron chi connectivity index (χ3n) is 4.05. The standard InChI is InChI=1S/C19H27FN2O9S/c1-3-15-14(20)10-22(18(24)21-15)16-12-32-17(31-16)11-30-19(25)29-9-7-27-5-4-26-6-8-28-13(2)23/h10,16-17H,3-9,11-12H2,1-2H3. The summed E-state index contributed by atoms with van der Waals surface area (Å²) in [5.74, 6) is -0.553. The molecule has 1 saturated heterocycles. The number of halogens is 1. The number of hydrogen-bond acceptors (Lipinski definition) is 11. The van der Waals surface area contributed by atoms with E-state index in [-0.39, 0.29) is 44.7 Å². The number of thioether (sulfide) groups is 1. The van der Waals surface area contributed by atoms with Gasteiger partial charge in [0.1, 0.15) is 31.5 Å². The lowest BCUT2D eigenvalue weighted by molar-refractivity contribution is -0.142. The first-order valence-electron chi connectivity index (χ1n) is 10.0. The number of rotatable bonds is 13. The zero-order valence-electron chi connectivity index (χ0n) is 18.0. The van der Waals surface area contributed by atoms with Gasteiger partial charge in [0, 0.05) is 18.9 Å². The van der Waals surface area contributed by atoms with Crippen molar-refractivity contribution < 1.29 is 42.4 Å². The first-order chi connectivity index (χ1) is 15.4. The van der Waals surface area contributed by atoms with Crippen LogP contribution in [-0.4, -0.2) is 79.1 Å². The van der Waals surface area contributed by atoms with Crippen molar-refractivity contribution in [2.24, 2.45) is 0 Å². The van der Waals surface area contributed by atoms with Crippen LogP contribution in [0.25, 0.3) is 0 Å². The number of carbonyl (C=O) groups excluding carboxylic acids is 2. The van der Waals surface area contributed by atoms with Crippen LogP contribution < -0.4 is 5.69 Å². The van der Waals surface area contributed by atoms with Gasteiger partial charge in [-0.25, -0.2) is 14.0 Å². The van der Waals surface area contributed by atoms with Crippen molar-refractivity contribution in [3.8, 4) is 0 Å². The third-order valence-corrected chi connectivity index (χ3v) is 5.14. The topological polar surface area (TPSA) is 124 Å². The molecule has 0 bridgehead atoms. The predicted molar refractivity (Wildman–Crippen MR) is 110 cm³/mol. The van der Waals surface area contributed by atoms with Gasteiger partial charge in [0.25, 0.3) is 0 Å². The molecule has 0 aromatic carbocycles. The molecule has 0 N–H and O–H groups in total. The number of esters is 1. The van der Waals surface area contributed by atoms with E-state index < -0.39 is 29.3 Å². The summed E-state index contributed by atoms with van der Waals surface area (Å²) >= 11 is 1.33. The normalized spacial score (nSPS) is 17.8. The van der Waals surface area contributed by atoms with E-state index in [2.05, 4.69) is 4.98 Å². The van der Waals surface area contributed by atoms with Gasteiger partial charge in [0.05, 0.1) is 32.1 Å². The lowest BCUT2D eigenvalue weighted by atomic mass is 10.3. The quantitative estimate of drug-likeness (QED) is 0.301. The van der Waals surface area contributed by atoms with Gasteiger partial charge in [0.2, 0.25) is 0 Å². The predicted octanol–water partition coefficient (Wildman–Crippen LogP) is 1.28. The van der Waals surface area contributed by atoms with Crippen LogP contribution in [0.2, 0.25) is 0 Å². The maximum Gasteiger partial charge on any atom is 0.508 e. The summed E-state index contributed by atoms with van der Waals surface area (Å²) in [6.07, 6.45) is -0.176. The van der Waals surface area contributed by atoms with Gasteiger partial charge in [-0.1, -0.05) is 6.92 Å². The molecule has 32 heavy (non-hydrogen) atoms. The zero-order chi connectivity index (χ0) is 23.3. The third kappa shape index (κ3) is 9.10. The van der Waals surface area contributed by atoms with Crippen LogP contribution in [-0.2, 0) is 39.6 Å². The summed E-state index contributed by atoms with van der Waals surface area (Å²) in [5, 5.41) is 0. The Kier molecular flexibility index (Phi) is 11.4. The number of hydrogen-bond donors (Lipinski definition) is 0. The van der Waals surface area contributed by atoms with Gasteiger partial charge in [-0.3, -0.25) is 9.36 Å². The average Bonchev–Trinajstić information content (AvgIpc) is 3.23. The second-order valence-corrected chi connectivity index (χ2v) is 7.60. The minimum absolute atomic E-state index is 0.00229. The SMILES string of the molecule is CCc1nc(=O)n(C2CSC(COC(=O)OCCOCCOCCOC(C)=O)O2)cc1F. The molecule has 1 aliphatic rings. The molecule has 11 nitrogen and oxygen atoms in total. The summed E-state index contributed by atoms with van der Waals surface area (Å²) in [6, 6.07) is 0. The fourth-order valence-electron chi connectivity index (χ4n) is 2.54. The molecule has 0 saturated carbocycles. The van der Waals surface area contributed by atoms with Crippen molar-refractivity contribution in [2.75, 3.05) is 52.0 Å². The Morgan fingerprint density at radius 2 is 1.81 bits per heavy atom. The van der Waals surface area contributed by atoms with Crippen molar-refractivity contribution in [1.82, 2.24) is 9.55 Å². The Morgan fingerprint density at radius 1 is 1.16 bits per heavy atom. The highest BCUT2D eigenvalue weighted by Gasteiger charge is 2.30. The van der Waals surface area contributed by atoms with E-state index in [1.165, 1.54) is 18.7 Å². The van der Waals surface area contributed by atoms with E-state index >= 15 is 0 Å². The van der Waals surface area contributed by atoms with Crippen molar-refractivity contribution in [2.45, 2.75) is 31.9 Å². The highest BCUT2D eigenvalue weighted by atomic mass is 32.2.